The van der Waals surface area contributed by atoms with Gasteiger partial charge in [-0.05, 0) is 51.0 Å². The van der Waals surface area contributed by atoms with Crippen LogP contribution in [0, 0.1) is 6.92 Å². The smallest absolute Gasteiger partial charge is 0.346 e. The first-order valence-electron chi connectivity index (χ1n) is 9.65. The van der Waals surface area contributed by atoms with Gasteiger partial charge >= 0.3 is 5.97 Å². The summed E-state index contributed by atoms with van der Waals surface area (Å²) in [7, 11) is 0. The van der Waals surface area contributed by atoms with E-state index in [1.54, 1.807) is 0 Å². The van der Waals surface area contributed by atoms with Crippen molar-refractivity contribution in [2.24, 2.45) is 0 Å². The molecule has 130 valence electrons. The van der Waals surface area contributed by atoms with Crippen molar-refractivity contribution in [2.45, 2.75) is 88.4 Å². The van der Waals surface area contributed by atoms with Gasteiger partial charge < -0.3 is 9.47 Å². The lowest BCUT2D eigenvalue weighted by molar-refractivity contribution is -0.157. The second-order valence-electron chi connectivity index (χ2n) is 7.87. The molecule has 1 unspecified atom stereocenters. The number of aryl methyl sites for hydroxylation is 1. The largest absolute Gasteiger partial charge is 0.460 e. The molecule has 2 saturated carbocycles. The molecule has 1 heterocycles. The zero-order valence-corrected chi connectivity index (χ0v) is 14.7. The molecule has 3 aliphatic rings. The minimum Gasteiger partial charge on any atom is -0.460 e. The van der Waals surface area contributed by atoms with E-state index in [4.69, 9.17) is 9.47 Å². The van der Waals surface area contributed by atoms with Gasteiger partial charge in [0, 0.05) is 0 Å². The molecule has 0 amide bonds. The number of carbonyl (C=O) groups excluding carboxylic acids is 1. The van der Waals surface area contributed by atoms with Crippen molar-refractivity contribution < 1.29 is 14.3 Å². The topological polar surface area (TPSA) is 38.8 Å². The van der Waals surface area contributed by atoms with Crippen molar-refractivity contribution >= 4 is 5.97 Å². The number of carbonyl (C=O) groups is 1. The Morgan fingerprint density at radius 1 is 1.00 bits per heavy atom. The van der Waals surface area contributed by atoms with Gasteiger partial charge in [0.25, 0.3) is 0 Å². The summed E-state index contributed by atoms with van der Waals surface area (Å²) >= 11 is 0. The van der Waals surface area contributed by atoms with E-state index in [1.807, 2.05) is 0 Å². The van der Waals surface area contributed by atoms with E-state index < -0.39 is 5.60 Å². The third-order valence-corrected chi connectivity index (χ3v) is 6.18. The van der Waals surface area contributed by atoms with Gasteiger partial charge in [0.15, 0.2) is 0 Å². The Morgan fingerprint density at radius 2 is 1.62 bits per heavy atom. The highest BCUT2D eigenvalue weighted by molar-refractivity contribution is 5.87. The maximum absolute atomic E-state index is 13.2. The van der Waals surface area contributed by atoms with Gasteiger partial charge in [-0.3, -0.25) is 0 Å². The summed E-state index contributed by atoms with van der Waals surface area (Å²) in [5.74, 6) is -0.139. The monoisotopic (exact) mass is 328 g/mol. The first-order chi connectivity index (χ1) is 11.7. The first-order valence-corrected chi connectivity index (χ1v) is 9.65. The van der Waals surface area contributed by atoms with Crippen molar-refractivity contribution in [2.75, 3.05) is 0 Å². The molecule has 3 fully saturated rings. The maximum atomic E-state index is 13.2. The van der Waals surface area contributed by atoms with E-state index in [0.717, 1.165) is 44.1 Å². The highest BCUT2D eigenvalue weighted by Crippen LogP contribution is 2.63. The molecule has 3 heteroatoms. The normalized spacial score (nSPS) is 29.4. The SMILES string of the molecule is Cc1ccc(C2(C(=O)OC3CCCCC3)OC23CCCCC3)cc1. The average molecular weight is 328 g/mol. The minimum absolute atomic E-state index is 0.0819. The number of benzene rings is 1. The molecule has 1 aliphatic heterocycles. The molecular formula is C21H28O3. The predicted molar refractivity (Wildman–Crippen MR) is 92.7 cm³/mol. The molecule has 1 aromatic rings. The molecule has 4 rings (SSSR count). The maximum Gasteiger partial charge on any atom is 0.346 e. The van der Waals surface area contributed by atoms with Crippen LogP contribution in [0.1, 0.15) is 75.3 Å². The Bertz CT molecular complexity index is 594. The highest BCUT2D eigenvalue weighted by atomic mass is 16.7. The fourth-order valence-corrected chi connectivity index (χ4v) is 4.72. The average Bonchev–Trinajstić information content (AvgIpc) is 3.25. The van der Waals surface area contributed by atoms with Gasteiger partial charge in [-0.2, -0.15) is 0 Å². The lowest BCUT2D eigenvalue weighted by atomic mass is 9.76. The molecule has 1 aromatic carbocycles. The Morgan fingerprint density at radius 3 is 2.29 bits per heavy atom. The Kier molecular flexibility index (Phi) is 4.16. The summed E-state index contributed by atoms with van der Waals surface area (Å²) in [6.07, 6.45) is 11.2. The van der Waals surface area contributed by atoms with E-state index in [2.05, 4.69) is 31.2 Å². The molecule has 1 atom stereocenters. The van der Waals surface area contributed by atoms with Crippen LogP contribution in [0.4, 0.5) is 0 Å². The van der Waals surface area contributed by atoms with Gasteiger partial charge in [-0.1, -0.05) is 55.5 Å². The lowest BCUT2D eigenvalue weighted by Crippen LogP contribution is -2.37. The van der Waals surface area contributed by atoms with Gasteiger partial charge in [0.1, 0.15) is 11.7 Å². The zero-order chi connectivity index (χ0) is 16.6. The van der Waals surface area contributed by atoms with Crippen LogP contribution in [0.3, 0.4) is 0 Å². The summed E-state index contributed by atoms with van der Waals surface area (Å²) in [5.41, 5.74) is 1.02. The van der Waals surface area contributed by atoms with E-state index >= 15 is 0 Å². The summed E-state index contributed by atoms with van der Waals surface area (Å²) < 4.78 is 12.3. The number of ether oxygens (including phenoxy) is 2. The van der Waals surface area contributed by atoms with Gasteiger partial charge in [0.05, 0.1) is 0 Å². The second kappa shape index (κ2) is 6.18. The standard InChI is InChI=1S/C21H28O3/c1-16-10-12-17(13-11-16)21(20(24-21)14-6-3-7-15-20)19(22)23-18-8-4-2-5-9-18/h10-13,18H,2-9,14-15H2,1H3. The van der Waals surface area contributed by atoms with Crippen molar-refractivity contribution in [1.29, 1.82) is 0 Å². The van der Waals surface area contributed by atoms with Crippen LogP contribution in [-0.2, 0) is 19.9 Å². The molecule has 0 radical (unpaired) electrons. The Balaban J connectivity index is 1.61. The van der Waals surface area contributed by atoms with E-state index in [0.29, 0.717) is 0 Å². The van der Waals surface area contributed by atoms with Crippen molar-refractivity contribution in [3.63, 3.8) is 0 Å². The summed E-state index contributed by atoms with van der Waals surface area (Å²) in [6, 6.07) is 8.26. The third kappa shape index (κ3) is 2.57. The van der Waals surface area contributed by atoms with Gasteiger partial charge in [-0.15, -0.1) is 0 Å². The number of rotatable bonds is 3. The van der Waals surface area contributed by atoms with E-state index in [1.165, 1.54) is 31.2 Å². The fraction of sp³-hybridized carbons (Fsp3) is 0.667. The van der Waals surface area contributed by atoms with E-state index in [-0.39, 0.29) is 17.7 Å². The summed E-state index contributed by atoms with van der Waals surface area (Å²) in [4.78, 5) is 13.2. The highest BCUT2D eigenvalue weighted by Gasteiger charge is 2.76. The van der Waals surface area contributed by atoms with Crippen LogP contribution in [-0.4, -0.2) is 17.7 Å². The van der Waals surface area contributed by atoms with Crippen molar-refractivity contribution in [3.05, 3.63) is 35.4 Å². The van der Waals surface area contributed by atoms with Crippen LogP contribution in [0.25, 0.3) is 0 Å². The van der Waals surface area contributed by atoms with Gasteiger partial charge in [0.2, 0.25) is 5.60 Å². The number of esters is 1. The third-order valence-electron chi connectivity index (χ3n) is 6.18. The molecule has 0 aromatic heterocycles. The van der Waals surface area contributed by atoms with Crippen LogP contribution < -0.4 is 0 Å². The molecule has 1 spiro atoms. The quantitative estimate of drug-likeness (QED) is 0.591. The molecule has 1 saturated heterocycles. The van der Waals surface area contributed by atoms with Gasteiger partial charge in [-0.25, -0.2) is 4.79 Å². The van der Waals surface area contributed by atoms with Crippen LogP contribution >= 0.6 is 0 Å². The molecule has 0 N–H and O–H groups in total. The Labute approximate surface area is 144 Å². The van der Waals surface area contributed by atoms with Crippen molar-refractivity contribution in [1.82, 2.24) is 0 Å². The summed E-state index contributed by atoms with van der Waals surface area (Å²) in [6.45, 7) is 2.07. The molecule has 2 aliphatic carbocycles. The molecule has 3 nitrogen and oxygen atoms in total. The Hall–Kier alpha value is -1.35. The zero-order valence-electron chi connectivity index (χ0n) is 14.7. The minimum atomic E-state index is -0.849. The van der Waals surface area contributed by atoms with E-state index in [9.17, 15) is 4.79 Å². The predicted octanol–water partition coefficient (Wildman–Crippen LogP) is 4.80. The fourth-order valence-electron chi connectivity index (χ4n) is 4.72. The van der Waals surface area contributed by atoms with Crippen LogP contribution in [0.15, 0.2) is 24.3 Å². The van der Waals surface area contributed by atoms with Crippen molar-refractivity contribution in [3.8, 4) is 0 Å². The number of hydrogen-bond acceptors (Lipinski definition) is 3. The van der Waals surface area contributed by atoms with Crippen LogP contribution in [0.2, 0.25) is 0 Å². The van der Waals surface area contributed by atoms with Crippen LogP contribution in [0.5, 0.6) is 0 Å². The summed E-state index contributed by atoms with van der Waals surface area (Å²) in [5, 5.41) is 0. The first kappa shape index (κ1) is 16.1. The molecule has 24 heavy (non-hydrogen) atoms. The lowest BCUT2D eigenvalue weighted by Gasteiger charge is -2.27. The molecule has 0 bridgehead atoms. The number of epoxide rings is 1. The number of hydrogen-bond donors (Lipinski definition) is 0. The molecular weight excluding hydrogens is 300 g/mol. The second-order valence-corrected chi connectivity index (χ2v) is 7.87.